The molecule has 5 rings (SSSR count). The first kappa shape index (κ1) is 23.5. The highest BCUT2D eigenvalue weighted by molar-refractivity contribution is 7.89. The third kappa shape index (κ3) is 4.43. The van der Waals surface area contributed by atoms with E-state index in [1.807, 2.05) is 24.3 Å². The number of aromatic nitrogens is 2. The predicted molar refractivity (Wildman–Crippen MR) is 131 cm³/mol. The zero-order valence-electron chi connectivity index (χ0n) is 19.5. The van der Waals surface area contributed by atoms with Crippen molar-refractivity contribution in [1.82, 2.24) is 24.9 Å². The van der Waals surface area contributed by atoms with Crippen molar-refractivity contribution in [2.75, 3.05) is 20.1 Å². The molecule has 3 atom stereocenters. The van der Waals surface area contributed by atoms with Gasteiger partial charge in [-0.3, -0.25) is 9.59 Å². The molecule has 2 amide bonds. The van der Waals surface area contributed by atoms with Crippen molar-refractivity contribution in [1.29, 1.82) is 0 Å². The smallest absolute Gasteiger partial charge is 0.243 e. The number of nitrogens with one attached hydrogen (secondary N) is 3. The van der Waals surface area contributed by atoms with Crippen LogP contribution in [-0.4, -0.2) is 60.7 Å². The first-order valence-electron chi connectivity index (χ1n) is 11.8. The van der Waals surface area contributed by atoms with E-state index in [4.69, 9.17) is 0 Å². The van der Waals surface area contributed by atoms with Gasteiger partial charge >= 0.3 is 0 Å². The summed E-state index contributed by atoms with van der Waals surface area (Å²) in [6.07, 6.45) is 2.37. The molecule has 0 radical (unpaired) electrons. The van der Waals surface area contributed by atoms with Crippen molar-refractivity contribution in [3.05, 3.63) is 60.4 Å². The molecule has 2 heterocycles. The summed E-state index contributed by atoms with van der Waals surface area (Å²) < 4.78 is 27.9. The van der Waals surface area contributed by atoms with Gasteiger partial charge in [0.2, 0.25) is 21.8 Å². The topological polar surface area (TPSA) is 124 Å². The highest BCUT2D eigenvalue weighted by atomic mass is 32.2. The number of likely N-dealkylation sites (N-methyl/N-ethyl adjacent to an activating group) is 1. The summed E-state index contributed by atoms with van der Waals surface area (Å²) in [6.45, 7) is 0.673. The number of sulfonamides is 1. The largest absolute Gasteiger partial charge is 0.358 e. The quantitative estimate of drug-likeness (QED) is 0.411. The molecule has 1 aromatic heterocycles. The first-order chi connectivity index (χ1) is 16.8. The second-order valence-electron chi connectivity index (χ2n) is 9.41. The summed E-state index contributed by atoms with van der Waals surface area (Å²) in [5, 5.41) is 5.58. The van der Waals surface area contributed by atoms with Gasteiger partial charge in [0.05, 0.1) is 15.9 Å². The number of imidazole rings is 1. The number of rotatable bonds is 8. The van der Waals surface area contributed by atoms with Crippen LogP contribution in [0.5, 0.6) is 0 Å². The summed E-state index contributed by atoms with van der Waals surface area (Å²) in [5.74, 6) is 0.161. The molecule has 184 valence electrons. The van der Waals surface area contributed by atoms with Crippen molar-refractivity contribution in [2.45, 2.75) is 36.6 Å². The van der Waals surface area contributed by atoms with Gasteiger partial charge in [0, 0.05) is 32.5 Å². The Kier molecular flexibility index (Phi) is 6.10. The number of benzene rings is 2. The third-order valence-corrected chi connectivity index (χ3v) is 9.02. The van der Waals surface area contributed by atoms with E-state index in [9.17, 15) is 18.0 Å². The van der Waals surface area contributed by atoms with Crippen LogP contribution in [0.1, 0.15) is 25.1 Å². The summed E-state index contributed by atoms with van der Waals surface area (Å²) in [7, 11) is -2.36. The van der Waals surface area contributed by atoms with Gasteiger partial charge < -0.3 is 15.6 Å². The van der Waals surface area contributed by atoms with Gasteiger partial charge in [-0.2, -0.15) is 4.31 Å². The minimum absolute atomic E-state index is 0.0794. The molecule has 2 aliphatic rings. The lowest BCUT2D eigenvalue weighted by atomic mass is 9.99. The first-order valence-corrected chi connectivity index (χ1v) is 13.3. The fourth-order valence-corrected chi connectivity index (χ4v) is 6.88. The maximum atomic E-state index is 13.3. The van der Waals surface area contributed by atoms with Crippen LogP contribution in [0.4, 0.5) is 0 Å². The van der Waals surface area contributed by atoms with Crippen molar-refractivity contribution in [3.63, 3.8) is 0 Å². The maximum absolute atomic E-state index is 13.3. The van der Waals surface area contributed by atoms with Crippen LogP contribution in [-0.2, 0) is 26.0 Å². The monoisotopic (exact) mass is 495 g/mol. The Balaban J connectivity index is 1.20. The van der Waals surface area contributed by atoms with E-state index in [0.717, 1.165) is 23.3 Å². The average molecular weight is 496 g/mol. The fraction of sp³-hybridized carbons (Fsp3) is 0.400. The van der Waals surface area contributed by atoms with Gasteiger partial charge in [-0.15, -0.1) is 0 Å². The van der Waals surface area contributed by atoms with Crippen LogP contribution in [0, 0.1) is 11.3 Å². The molecule has 2 aromatic carbocycles. The molecular weight excluding hydrogens is 466 g/mol. The van der Waals surface area contributed by atoms with Gasteiger partial charge in [-0.1, -0.05) is 30.3 Å². The van der Waals surface area contributed by atoms with E-state index in [1.54, 1.807) is 18.2 Å². The molecule has 10 heteroatoms. The Labute approximate surface area is 204 Å². The maximum Gasteiger partial charge on any atom is 0.243 e. The number of aromatic amines is 1. The number of H-pyrrole nitrogens is 1. The van der Waals surface area contributed by atoms with E-state index < -0.39 is 21.5 Å². The Morgan fingerprint density at radius 3 is 2.57 bits per heavy atom. The Morgan fingerprint density at radius 2 is 1.83 bits per heavy atom. The van der Waals surface area contributed by atoms with Gasteiger partial charge in [0.1, 0.15) is 11.9 Å². The van der Waals surface area contributed by atoms with Crippen LogP contribution in [0.2, 0.25) is 0 Å². The van der Waals surface area contributed by atoms with Crippen molar-refractivity contribution in [2.24, 2.45) is 11.3 Å². The summed E-state index contributed by atoms with van der Waals surface area (Å²) in [5.41, 5.74) is 1.42. The number of hydrogen-bond donors (Lipinski definition) is 3. The van der Waals surface area contributed by atoms with Gasteiger partial charge in [-0.25, -0.2) is 13.4 Å². The number of nitrogens with zero attached hydrogens (tertiary/aromatic N) is 2. The predicted octanol–water partition coefficient (Wildman–Crippen LogP) is 1.83. The molecule has 1 saturated heterocycles. The third-order valence-electron chi connectivity index (χ3n) is 7.15. The lowest BCUT2D eigenvalue weighted by molar-refractivity contribution is -0.124. The van der Waals surface area contributed by atoms with Crippen LogP contribution in [0.3, 0.4) is 0 Å². The van der Waals surface area contributed by atoms with E-state index in [2.05, 4.69) is 20.6 Å². The zero-order chi connectivity index (χ0) is 24.6. The van der Waals surface area contributed by atoms with E-state index in [-0.39, 0.29) is 29.2 Å². The Morgan fingerprint density at radius 1 is 1.09 bits per heavy atom. The normalized spacial score (nSPS) is 24.0. The summed E-state index contributed by atoms with van der Waals surface area (Å²) in [4.78, 5) is 33.5. The second kappa shape index (κ2) is 9.09. The minimum Gasteiger partial charge on any atom is -0.358 e. The molecule has 0 bridgehead atoms. The number of hydrogen-bond acceptors (Lipinski definition) is 5. The Bertz CT molecular complexity index is 1320. The number of aryl methyl sites for hydroxylation is 1. The standard InChI is InChI=1S/C25H29N5O4S/c1-26-24(32)21-15-25(16-30(21)35(33,34)17-8-3-2-4-9-17)14-18(25)23(31)27-13-7-12-22-28-19-10-5-6-11-20(19)29-22/h2-6,8-11,18,21H,7,12-16H2,1H3,(H,26,32)(H,27,31)(H,28,29)/t18-,21+,25+/m1/s1. The van der Waals surface area contributed by atoms with Crippen LogP contribution in [0.15, 0.2) is 59.5 Å². The van der Waals surface area contributed by atoms with Crippen LogP contribution >= 0.6 is 0 Å². The number of amides is 2. The molecule has 1 saturated carbocycles. The number of carbonyl (C=O) groups excluding carboxylic acids is 2. The second-order valence-corrected chi connectivity index (χ2v) is 11.3. The molecule has 3 N–H and O–H groups in total. The van der Waals surface area contributed by atoms with Gasteiger partial charge in [0.25, 0.3) is 0 Å². The number of fused-ring (bicyclic) bond motifs is 1. The lowest BCUT2D eigenvalue weighted by Crippen LogP contribution is -2.44. The van der Waals surface area contributed by atoms with Gasteiger partial charge in [0.15, 0.2) is 0 Å². The van der Waals surface area contributed by atoms with Crippen molar-refractivity contribution < 1.29 is 18.0 Å². The Hall–Kier alpha value is -3.24. The fourth-order valence-electron chi connectivity index (χ4n) is 5.18. The number of para-hydroxylation sites is 2. The molecule has 3 aromatic rings. The molecule has 1 spiro atoms. The number of carbonyl (C=O) groups is 2. The van der Waals surface area contributed by atoms with E-state index >= 15 is 0 Å². The molecule has 9 nitrogen and oxygen atoms in total. The van der Waals surface area contributed by atoms with Gasteiger partial charge in [-0.05, 0) is 48.9 Å². The SMILES string of the molecule is CNC(=O)[C@@H]1C[C@@]2(C[C@@H]2C(=O)NCCCc2nc3ccccc3[nH]2)CN1S(=O)(=O)c1ccccc1. The highest BCUT2D eigenvalue weighted by Gasteiger charge is 2.65. The molecule has 0 unspecified atom stereocenters. The van der Waals surface area contributed by atoms with E-state index in [0.29, 0.717) is 25.8 Å². The van der Waals surface area contributed by atoms with E-state index in [1.165, 1.54) is 23.5 Å². The van der Waals surface area contributed by atoms with Crippen LogP contribution < -0.4 is 10.6 Å². The zero-order valence-corrected chi connectivity index (χ0v) is 20.3. The highest BCUT2D eigenvalue weighted by Crippen LogP contribution is 2.61. The molecule has 35 heavy (non-hydrogen) atoms. The van der Waals surface area contributed by atoms with Crippen LogP contribution in [0.25, 0.3) is 11.0 Å². The summed E-state index contributed by atoms with van der Waals surface area (Å²) >= 11 is 0. The molecular formula is C25H29N5O4S. The molecule has 1 aliphatic carbocycles. The molecule has 1 aliphatic heterocycles. The minimum atomic E-state index is -3.86. The lowest BCUT2D eigenvalue weighted by Gasteiger charge is -2.22. The van der Waals surface area contributed by atoms with Crippen molar-refractivity contribution >= 4 is 32.9 Å². The average Bonchev–Trinajstić information content (AvgIpc) is 3.21. The molecule has 2 fully saturated rings. The van der Waals surface area contributed by atoms with Crippen molar-refractivity contribution in [3.8, 4) is 0 Å². The summed E-state index contributed by atoms with van der Waals surface area (Å²) in [6, 6.07) is 15.1.